The molecule has 0 saturated heterocycles. The van der Waals surface area contributed by atoms with Gasteiger partial charge in [-0.3, -0.25) is 9.79 Å². The summed E-state index contributed by atoms with van der Waals surface area (Å²) in [6.07, 6.45) is 4.48. The van der Waals surface area contributed by atoms with Crippen LogP contribution in [0.2, 0.25) is 0 Å². The number of fused-ring (bicyclic) bond motifs is 2. The number of hydrogen-bond acceptors (Lipinski definition) is 5. The summed E-state index contributed by atoms with van der Waals surface area (Å²) in [5, 5.41) is 20.3. The highest BCUT2D eigenvalue weighted by Gasteiger charge is 2.43. The summed E-state index contributed by atoms with van der Waals surface area (Å²) in [5.41, 5.74) is 6.15. The molecule has 1 aliphatic carbocycles. The predicted molar refractivity (Wildman–Crippen MR) is 135 cm³/mol. The van der Waals surface area contributed by atoms with Crippen LogP contribution in [0.1, 0.15) is 50.8 Å². The van der Waals surface area contributed by atoms with Gasteiger partial charge in [-0.2, -0.15) is 5.26 Å². The van der Waals surface area contributed by atoms with Crippen molar-refractivity contribution in [1.29, 1.82) is 5.26 Å². The van der Waals surface area contributed by atoms with Gasteiger partial charge in [-0.15, -0.1) is 0 Å². The average molecular weight is 450 g/mol. The molecule has 0 aromatic heterocycles. The van der Waals surface area contributed by atoms with Gasteiger partial charge in [-0.25, -0.2) is 0 Å². The average Bonchev–Trinajstić information content (AvgIpc) is 3.32. The summed E-state index contributed by atoms with van der Waals surface area (Å²) in [4.78, 5) is 20.0. The van der Waals surface area contributed by atoms with E-state index in [-0.39, 0.29) is 22.5 Å². The number of nitriles is 1. The first kappa shape index (κ1) is 21.9. The molecule has 0 spiro atoms. The minimum Gasteiger partial charge on any atom is -0.506 e. The van der Waals surface area contributed by atoms with E-state index in [0.717, 1.165) is 24.4 Å². The van der Waals surface area contributed by atoms with Gasteiger partial charge >= 0.3 is 0 Å². The van der Waals surface area contributed by atoms with Crippen LogP contribution in [0.15, 0.2) is 76.1 Å². The number of aliphatic hydroxyl groups excluding tert-OH is 1. The molecule has 34 heavy (non-hydrogen) atoms. The van der Waals surface area contributed by atoms with Crippen molar-refractivity contribution >= 4 is 28.9 Å². The Morgan fingerprint density at radius 1 is 1.21 bits per heavy atom. The fraction of sp³-hybridized carbons (Fsp3) is 0.276. The maximum atomic E-state index is 13.3. The Morgan fingerprint density at radius 3 is 2.68 bits per heavy atom. The lowest BCUT2D eigenvalue weighted by Gasteiger charge is -2.30. The number of hydrogen-bond donors (Lipinski definition) is 1. The molecule has 2 aliphatic heterocycles. The van der Waals surface area contributed by atoms with Crippen LogP contribution in [0, 0.1) is 17.2 Å². The van der Waals surface area contributed by atoms with Gasteiger partial charge in [0.15, 0.2) is 0 Å². The number of allylic oxidation sites excluding steroid dienone is 5. The number of aliphatic hydroxyl groups is 1. The molecule has 5 nitrogen and oxygen atoms in total. The van der Waals surface area contributed by atoms with Gasteiger partial charge in [-0.1, -0.05) is 45.9 Å². The zero-order valence-corrected chi connectivity index (χ0v) is 19.9. The van der Waals surface area contributed by atoms with Crippen LogP contribution in [0.5, 0.6) is 0 Å². The van der Waals surface area contributed by atoms with Crippen molar-refractivity contribution in [2.24, 2.45) is 10.9 Å². The third-order valence-electron chi connectivity index (χ3n) is 6.99. The SMILES string of the molecule is CC(C)CCN1/C(=C\C2=C(O)C(=C3/C=Nc4ccc(C#N)cc43)/C2=O)C(C)(C)c2ccccc21. The van der Waals surface area contributed by atoms with Crippen LogP contribution >= 0.6 is 0 Å². The van der Waals surface area contributed by atoms with E-state index in [1.165, 1.54) is 5.56 Å². The van der Waals surface area contributed by atoms with E-state index in [0.29, 0.717) is 33.9 Å². The van der Waals surface area contributed by atoms with Crippen molar-refractivity contribution in [2.75, 3.05) is 11.4 Å². The molecule has 5 rings (SSSR count). The molecular formula is C29H27N3O2. The zero-order chi connectivity index (χ0) is 24.2. The van der Waals surface area contributed by atoms with E-state index < -0.39 is 0 Å². The van der Waals surface area contributed by atoms with Crippen molar-refractivity contribution in [3.63, 3.8) is 0 Å². The second-order valence-electron chi connectivity index (χ2n) is 9.99. The topological polar surface area (TPSA) is 76.7 Å². The molecule has 1 N–H and O–H groups in total. The Labute approximate surface area is 200 Å². The van der Waals surface area contributed by atoms with Crippen LogP contribution in [0.4, 0.5) is 11.4 Å². The predicted octanol–water partition coefficient (Wildman–Crippen LogP) is 6.15. The Balaban J connectivity index is 1.59. The first-order valence-electron chi connectivity index (χ1n) is 11.6. The van der Waals surface area contributed by atoms with Crippen molar-refractivity contribution in [1.82, 2.24) is 0 Å². The van der Waals surface area contributed by atoms with Crippen molar-refractivity contribution < 1.29 is 9.90 Å². The number of ketones is 1. The first-order valence-corrected chi connectivity index (χ1v) is 11.6. The molecule has 0 atom stereocenters. The van der Waals surface area contributed by atoms with Crippen LogP contribution in [-0.4, -0.2) is 23.6 Å². The number of carbonyl (C=O) groups excluding carboxylic acids is 1. The Bertz CT molecular complexity index is 1400. The Morgan fingerprint density at radius 2 is 1.97 bits per heavy atom. The summed E-state index contributed by atoms with van der Waals surface area (Å²) in [6.45, 7) is 9.58. The third-order valence-corrected chi connectivity index (χ3v) is 6.99. The summed E-state index contributed by atoms with van der Waals surface area (Å²) < 4.78 is 0. The van der Waals surface area contributed by atoms with Gasteiger partial charge < -0.3 is 10.0 Å². The maximum absolute atomic E-state index is 13.3. The largest absolute Gasteiger partial charge is 0.506 e. The number of nitrogens with zero attached hydrogens (tertiary/aromatic N) is 3. The van der Waals surface area contributed by atoms with E-state index in [1.807, 2.05) is 18.2 Å². The lowest BCUT2D eigenvalue weighted by atomic mass is 9.79. The number of anilines is 1. The molecule has 2 aromatic carbocycles. The van der Waals surface area contributed by atoms with Gasteiger partial charge in [0, 0.05) is 40.7 Å². The molecule has 3 aliphatic rings. The molecule has 2 aromatic rings. The second kappa shape index (κ2) is 7.85. The molecule has 170 valence electrons. The lowest BCUT2D eigenvalue weighted by molar-refractivity contribution is -0.113. The molecule has 0 fully saturated rings. The smallest absolute Gasteiger partial charge is 0.201 e. The number of carbonyl (C=O) groups is 1. The quantitative estimate of drug-likeness (QED) is 0.568. The molecule has 0 radical (unpaired) electrons. The van der Waals surface area contributed by atoms with Crippen LogP contribution in [0.25, 0.3) is 5.57 Å². The van der Waals surface area contributed by atoms with Crippen LogP contribution < -0.4 is 4.90 Å². The second-order valence-corrected chi connectivity index (χ2v) is 9.99. The van der Waals surface area contributed by atoms with E-state index >= 15 is 0 Å². The lowest BCUT2D eigenvalue weighted by Crippen LogP contribution is -2.30. The first-order chi connectivity index (χ1) is 16.2. The summed E-state index contributed by atoms with van der Waals surface area (Å²) in [7, 11) is 0. The van der Waals surface area contributed by atoms with Gasteiger partial charge in [0.2, 0.25) is 5.78 Å². The van der Waals surface area contributed by atoms with Crippen LogP contribution in [0.3, 0.4) is 0 Å². The number of benzene rings is 2. The van der Waals surface area contributed by atoms with Crippen molar-refractivity contribution in [3.8, 4) is 6.07 Å². The third kappa shape index (κ3) is 3.21. The fourth-order valence-corrected chi connectivity index (χ4v) is 5.01. The van der Waals surface area contributed by atoms with E-state index in [2.05, 4.69) is 55.8 Å². The zero-order valence-electron chi connectivity index (χ0n) is 19.9. The summed E-state index contributed by atoms with van der Waals surface area (Å²) >= 11 is 0. The highest BCUT2D eigenvalue weighted by molar-refractivity contribution is 6.33. The molecular weight excluding hydrogens is 422 g/mol. The minimum absolute atomic E-state index is 0.00951. The number of aliphatic imine (C=N–C) groups is 1. The number of Topliss-reactive ketones (excluding diaryl/α,β-unsaturated/α-hetero) is 1. The standard InChI is InChI=1S/C29H27N3O2/c1-17(2)11-12-32-24-8-6-5-7-22(24)29(3,4)25(32)14-20-27(33)26(28(20)34)21-16-31-23-10-9-18(15-30)13-19(21)23/h5-10,13-14,16-17,33H,11-12H2,1-4H3/b25-14-,26-21+. The number of rotatable bonds is 4. The minimum atomic E-state index is -0.298. The molecule has 5 heteroatoms. The summed E-state index contributed by atoms with van der Waals surface area (Å²) in [6, 6.07) is 15.6. The van der Waals surface area contributed by atoms with Crippen molar-refractivity contribution in [3.05, 3.63) is 87.8 Å². The number of para-hydroxylation sites is 1. The van der Waals surface area contributed by atoms with Gasteiger partial charge in [0.25, 0.3) is 0 Å². The Hall–Kier alpha value is -3.91. The molecule has 0 bridgehead atoms. The fourth-order valence-electron chi connectivity index (χ4n) is 5.01. The highest BCUT2D eigenvalue weighted by Crippen LogP contribution is 2.49. The normalized spacial score (nSPS) is 21.2. The Kier molecular flexibility index (Phi) is 5.06. The molecule has 2 heterocycles. The highest BCUT2D eigenvalue weighted by atomic mass is 16.3. The van der Waals surface area contributed by atoms with E-state index in [9.17, 15) is 15.2 Å². The van der Waals surface area contributed by atoms with E-state index in [4.69, 9.17) is 0 Å². The van der Waals surface area contributed by atoms with Crippen molar-refractivity contribution in [2.45, 2.75) is 39.5 Å². The van der Waals surface area contributed by atoms with E-state index in [1.54, 1.807) is 24.4 Å². The van der Waals surface area contributed by atoms with Crippen LogP contribution in [-0.2, 0) is 10.2 Å². The molecule has 0 saturated carbocycles. The monoisotopic (exact) mass is 449 g/mol. The van der Waals surface area contributed by atoms with Gasteiger partial charge in [0.1, 0.15) is 5.76 Å². The van der Waals surface area contributed by atoms with Gasteiger partial charge in [-0.05, 0) is 48.2 Å². The molecule has 0 amide bonds. The van der Waals surface area contributed by atoms with Gasteiger partial charge in [0.05, 0.1) is 28.5 Å². The maximum Gasteiger partial charge on any atom is 0.201 e. The molecule has 0 unspecified atom stereocenters. The summed E-state index contributed by atoms with van der Waals surface area (Å²) in [5.74, 6) is 0.341.